The van der Waals surface area contributed by atoms with Crippen molar-refractivity contribution in [2.75, 3.05) is 14.7 Å². The van der Waals surface area contributed by atoms with E-state index in [0.29, 0.717) is 12.1 Å². The van der Waals surface area contributed by atoms with Gasteiger partial charge in [-0.2, -0.15) is 0 Å². The topological polar surface area (TPSA) is 14.7 Å². The van der Waals surface area contributed by atoms with Crippen LogP contribution in [0.25, 0.3) is 93.2 Å². The zero-order chi connectivity index (χ0) is 61.5. The highest BCUT2D eigenvalue weighted by atomic mass is 15.2. The Balaban J connectivity index is 0.907. The third-order valence-electron chi connectivity index (χ3n) is 22.2. The predicted octanol–water partition coefficient (Wildman–Crippen LogP) is 21.1. The zero-order valence-corrected chi connectivity index (χ0v) is 53.4. The van der Waals surface area contributed by atoms with Crippen molar-refractivity contribution in [3.63, 3.8) is 0 Å². The number of hydrogen-bond acceptors (Lipinski definition) is 3. The summed E-state index contributed by atoms with van der Waals surface area (Å²) in [5, 5.41) is 10.5. The van der Waals surface area contributed by atoms with Gasteiger partial charge < -0.3 is 19.3 Å². The summed E-state index contributed by atoms with van der Waals surface area (Å²) in [7, 11) is 0. The number of anilines is 7. The second-order valence-electron chi connectivity index (χ2n) is 29.7. The van der Waals surface area contributed by atoms with Crippen molar-refractivity contribution in [1.82, 2.24) is 4.57 Å². The van der Waals surface area contributed by atoms with E-state index in [1.807, 2.05) is 0 Å². The van der Waals surface area contributed by atoms with Crippen LogP contribution in [-0.4, -0.2) is 23.4 Å². The van der Waals surface area contributed by atoms with E-state index in [1.165, 1.54) is 176 Å². The van der Waals surface area contributed by atoms with E-state index in [9.17, 15) is 0 Å². The molecule has 0 unspecified atom stereocenters. The molecule has 4 bridgehead atoms. The molecule has 5 heterocycles. The van der Waals surface area contributed by atoms with Gasteiger partial charge >= 0.3 is 0 Å². The van der Waals surface area contributed by atoms with E-state index in [2.05, 4.69) is 310 Å². The second kappa shape index (κ2) is 19.8. The van der Waals surface area contributed by atoms with Gasteiger partial charge in [-0.15, -0.1) is 0 Å². The van der Waals surface area contributed by atoms with Crippen LogP contribution >= 0.6 is 0 Å². The van der Waals surface area contributed by atoms with Crippen molar-refractivity contribution in [2.45, 2.75) is 96.6 Å². The molecule has 4 aliphatic heterocycles. The van der Waals surface area contributed by atoms with E-state index in [0.717, 1.165) is 28.9 Å². The van der Waals surface area contributed by atoms with Gasteiger partial charge in [0.1, 0.15) is 0 Å². The highest BCUT2D eigenvalue weighted by molar-refractivity contribution is 7.00. The summed E-state index contributed by atoms with van der Waals surface area (Å²) in [6.07, 6.45) is 6.52. The molecule has 14 aromatic rings. The molecule has 2 saturated carbocycles. The Labute approximate surface area is 540 Å². The fraction of sp³-hybridized carbons (Fsp3) is 0.195. The van der Waals surface area contributed by atoms with E-state index in [4.69, 9.17) is 0 Å². The summed E-state index contributed by atoms with van der Waals surface area (Å²) in [4.78, 5) is 8.29. The Morgan fingerprint density at radius 1 is 0.337 bits per heavy atom. The minimum atomic E-state index is -0.0893. The number of piperidine rings is 2. The molecule has 2 aliphatic carbocycles. The molecule has 0 N–H and O–H groups in total. The highest BCUT2D eigenvalue weighted by Gasteiger charge is 2.49. The van der Waals surface area contributed by atoms with Crippen molar-refractivity contribution in [1.29, 1.82) is 0 Å². The summed E-state index contributed by atoms with van der Waals surface area (Å²) in [5.74, 6) is 1.64. The lowest BCUT2D eigenvalue weighted by Gasteiger charge is -2.58. The third-order valence-corrected chi connectivity index (χ3v) is 22.2. The van der Waals surface area contributed by atoms with Crippen LogP contribution in [0.5, 0.6) is 0 Å². The molecule has 0 spiro atoms. The smallest absolute Gasteiger partial charge is 0.252 e. The lowest BCUT2D eigenvalue weighted by Crippen LogP contribution is -2.62. The van der Waals surface area contributed by atoms with E-state index >= 15 is 0 Å². The van der Waals surface area contributed by atoms with Crippen molar-refractivity contribution in [3.05, 3.63) is 260 Å². The minimum Gasteiger partial charge on any atom is -0.365 e. The van der Waals surface area contributed by atoms with Crippen molar-refractivity contribution < 1.29 is 0 Å². The molecule has 6 aliphatic rings. The fourth-order valence-electron chi connectivity index (χ4n) is 18.0. The molecular weight excluding hydrogens is 1110 g/mol. The number of benzene rings is 13. The number of hydrogen-bond donors (Lipinski definition) is 0. The second-order valence-corrected chi connectivity index (χ2v) is 29.7. The maximum atomic E-state index is 2.94. The van der Waals surface area contributed by atoms with Crippen LogP contribution in [0, 0.1) is 11.8 Å². The van der Waals surface area contributed by atoms with Crippen molar-refractivity contribution in [2.24, 2.45) is 11.8 Å². The molecular formula is C87H73BN4. The Bertz CT molecular complexity index is 5240. The van der Waals surface area contributed by atoms with Gasteiger partial charge in [0.15, 0.2) is 0 Å². The van der Waals surface area contributed by atoms with Gasteiger partial charge in [-0.05, 0) is 227 Å². The summed E-state index contributed by atoms with van der Waals surface area (Å²) in [6, 6.07) is 97.3. The normalized spacial score (nSPS) is 18.2. The van der Waals surface area contributed by atoms with Crippen LogP contribution in [-0.2, 0) is 10.8 Å². The molecule has 20 rings (SSSR count). The van der Waals surface area contributed by atoms with Gasteiger partial charge in [0.2, 0.25) is 0 Å². The molecule has 5 heteroatoms. The fourth-order valence-corrected chi connectivity index (χ4v) is 18.0. The van der Waals surface area contributed by atoms with Crippen LogP contribution < -0.4 is 31.1 Å². The summed E-state index contributed by atoms with van der Waals surface area (Å²) in [5.41, 5.74) is 26.2. The molecule has 0 radical (unpaired) electrons. The van der Waals surface area contributed by atoms with Gasteiger partial charge in [0.05, 0.1) is 11.0 Å². The Hall–Kier alpha value is -9.84. The van der Waals surface area contributed by atoms with Gasteiger partial charge in [-0.1, -0.05) is 211 Å². The van der Waals surface area contributed by atoms with Gasteiger partial charge in [-0.25, -0.2) is 0 Å². The third kappa shape index (κ3) is 8.22. The summed E-state index contributed by atoms with van der Waals surface area (Å²) >= 11 is 0. The molecule has 1 aromatic heterocycles. The monoisotopic (exact) mass is 1180 g/mol. The van der Waals surface area contributed by atoms with Crippen molar-refractivity contribution >= 4 is 117 Å². The maximum Gasteiger partial charge on any atom is 0.252 e. The summed E-state index contributed by atoms with van der Waals surface area (Å²) in [6.45, 7) is 14.1. The molecule has 4 fully saturated rings. The molecule has 0 atom stereocenters. The van der Waals surface area contributed by atoms with Crippen molar-refractivity contribution in [3.8, 4) is 39.1 Å². The molecule has 0 amide bonds. The first-order chi connectivity index (χ1) is 44.8. The number of rotatable bonds is 7. The van der Waals surface area contributed by atoms with Gasteiger partial charge in [0, 0.05) is 68.4 Å². The number of nitrogens with zero attached hydrogens (tertiary/aromatic N) is 4. The first kappa shape index (κ1) is 54.0. The number of para-hydroxylation sites is 2. The van der Waals surface area contributed by atoms with Gasteiger partial charge in [0.25, 0.3) is 6.71 Å². The number of aromatic nitrogens is 1. The van der Waals surface area contributed by atoms with E-state index in [1.54, 1.807) is 0 Å². The molecule has 92 heavy (non-hydrogen) atoms. The largest absolute Gasteiger partial charge is 0.365 e. The SMILES string of the molecule is CC(C)(C)c1cc2ccc3cc(C(C)(C)C)cc4c(-c5ccc6c(c5)N(c5ccc(-c7ccccc7)cc5)c5cc(N7C8CC9CC(C8)CC7C9)cc7c5B6c5ccc(-n6c8ccccc8c8ccccc86)cc5N7c5ccc(-c6ccccc6)cc5)cc(c1)c2c34. The first-order valence-electron chi connectivity index (χ1n) is 33.7. The van der Waals surface area contributed by atoms with Crippen LogP contribution in [0.3, 0.4) is 0 Å². The molecule has 13 aromatic carbocycles. The Morgan fingerprint density at radius 3 is 1.34 bits per heavy atom. The average Bonchev–Trinajstić information content (AvgIpc) is 0.820. The standard InChI is InChI=1S/C87H73BN4/c1-86(2,3)63-44-60-25-26-61-45-64(87(4,5)6)49-74-73(47-62(46-63)83(60)84(61)74)59-31-37-75-79(48-59)90(65-32-27-57(28-33-65)55-17-9-7-10-18-55)81-51-70(89-68-40-53-39-54(42-68)43-69(89)41-53)52-82-85(81)88(75)76-38-36-67(92-77-23-15-13-21-71(77)72-22-14-16-24-78(72)92)50-80(76)91(82)66-34-29-58(30-35-66)56-19-11-8-12-20-56/h7-38,44-54,68-69H,39-43H2,1-6H3. The zero-order valence-electron chi connectivity index (χ0n) is 53.4. The first-order valence-corrected chi connectivity index (χ1v) is 33.7. The molecule has 4 nitrogen and oxygen atoms in total. The van der Waals surface area contributed by atoms with Crippen LogP contribution in [0.15, 0.2) is 249 Å². The quantitative estimate of drug-likeness (QED) is 0.117. The average molecular weight is 1190 g/mol. The van der Waals surface area contributed by atoms with Crippen LogP contribution in [0.4, 0.5) is 39.8 Å². The minimum absolute atomic E-state index is 0.0214. The van der Waals surface area contributed by atoms with Crippen LogP contribution in [0.1, 0.15) is 84.8 Å². The van der Waals surface area contributed by atoms with E-state index < -0.39 is 0 Å². The van der Waals surface area contributed by atoms with Gasteiger partial charge in [-0.3, -0.25) is 0 Å². The Morgan fingerprint density at radius 2 is 0.783 bits per heavy atom. The number of fused-ring (bicyclic) bond motifs is 7. The Kier molecular flexibility index (Phi) is 11.6. The molecule has 2 saturated heterocycles. The lowest BCUT2D eigenvalue weighted by atomic mass is 9.33. The van der Waals surface area contributed by atoms with Crippen LogP contribution in [0.2, 0.25) is 0 Å². The lowest BCUT2D eigenvalue weighted by molar-refractivity contribution is 0.0900. The predicted molar refractivity (Wildman–Crippen MR) is 392 cm³/mol. The highest BCUT2D eigenvalue weighted by Crippen LogP contribution is 2.55. The van der Waals surface area contributed by atoms with E-state index in [-0.39, 0.29) is 17.5 Å². The molecule has 444 valence electrons. The maximum absolute atomic E-state index is 2.94. The summed E-state index contributed by atoms with van der Waals surface area (Å²) < 4.78 is 2.51.